The molecule has 0 radical (unpaired) electrons. The van der Waals surface area contributed by atoms with Crippen molar-refractivity contribution in [3.63, 3.8) is 0 Å². The molecule has 2 rings (SSSR count). The van der Waals surface area contributed by atoms with E-state index in [1.54, 1.807) is 0 Å². The Balaban J connectivity index is 1.89. The largest absolute Gasteiger partial charge is 0.399 e. The molecular weight excluding hydrogens is 240 g/mol. The van der Waals surface area contributed by atoms with E-state index in [1.165, 1.54) is 0 Å². The average molecular weight is 262 g/mol. The number of aliphatic hydroxyl groups is 1. The molecule has 1 aromatic carbocycles. The fourth-order valence-electron chi connectivity index (χ4n) is 2.66. The zero-order chi connectivity index (χ0) is 13.7. The van der Waals surface area contributed by atoms with E-state index in [0.717, 1.165) is 37.1 Å². The minimum absolute atomic E-state index is 0.0158. The van der Waals surface area contributed by atoms with Crippen LogP contribution in [0.3, 0.4) is 0 Å². The first-order valence-corrected chi connectivity index (χ1v) is 6.95. The van der Waals surface area contributed by atoms with E-state index in [4.69, 9.17) is 5.73 Å². The maximum atomic E-state index is 12.2. The van der Waals surface area contributed by atoms with Gasteiger partial charge < -0.3 is 15.7 Å². The molecule has 1 aromatic rings. The number of aliphatic hydroxyl groups excluding tert-OH is 1. The summed E-state index contributed by atoms with van der Waals surface area (Å²) in [6.45, 7) is 0.852. The third-order valence-electron chi connectivity index (χ3n) is 3.74. The molecule has 104 valence electrons. The summed E-state index contributed by atoms with van der Waals surface area (Å²) < 4.78 is 0. The second kappa shape index (κ2) is 6.57. The van der Waals surface area contributed by atoms with E-state index in [0.29, 0.717) is 12.8 Å². The van der Waals surface area contributed by atoms with Crippen molar-refractivity contribution in [3.8, 4) is 0 Å². The molecule has 0 spiro atoms. The summed E-state index contributed by atoms with van der Waals surface area (Å²) in [6.07, 6.45) is 4.25. The van der Waals surface area contributed by atoms with Crippen LogP contribution in [0.1, 0.15) is 31.2 Å². The lowest BCUT2D eigenvalue weighted by Gasteiger charge is -2.34. The Morgan fingerprint density at radius 2 is 2.26 bits per heavy atom. The molecule has 0 saturated carbocycles. The smallest absolute Gasteiger partial charge is 0.223 e. The molecule has 1 aliphatic rings. The van der Waals surface area contributed by atoms with Gasteiger partial charge in [-0.1, -0.05) is 12.1 Å². The molecule has 1 saturated heterocycles. The van der Waals surface area contributed by atoms with Gasteiger partial charge in [0.25, 0.3) is 0 Å². The minimum Gasteiger partial charge on any atom is -0.399 e. The fraction of sp³-hybridized carbons (Fsp3) is 0.533. The Labute approximate surface area is 114 Å². The molecule has 4 nitrogen and oxygen atoms in total. The molecule has 1 aliphatic heterocycles. The van der Waals surface area contributed by atoms with Crippen molar-refractivity contribution in [2.75, 3.05) is 18.9 Å². The van der Waals surface area contributed by atoms with E-state index in [-0.39, 0.29) is 18.6 Å². The first-order chi connectivity index (χ1) is 9.20. The van der Waals surface area contributed by atoms with E-state index < -0.39 is 0 Å². The molecule has 1 unspecified atom stereocenters. The highest BCUT2D eigenvalue weighted by molar-refractivity contribution is 5.77. The van der Waals surface area contributed by atoms with Crippen LogP contribution in [0.2, 0.25) is 0 Å². The molecule has 1 heterocycles. The predicted molar refractivity (Wildman–Crippen MR) is 75.6 cm³/mol. The van der Waals surface area contributed by atoms with Crippen LogP contribution >= 0.6 is 0 Å². The predicted octanol–water partition coefficient (Wildman–Crippen LogP) is 1.57. The van der Waals surface area contributed by atoms with Crippen LogP contribution in [0, 0.1) is 0 Å². The second-order valence-electron chi connectivity index (χ2n) is 5.16. The lowest BCUT2D eigenvalue weighted by molar-refractivity contribution is -0.135. The standard InChI is InChI=1S/C15H22N2O2/c16-13-5-3-4-12(10-13)7-8-15(19)17-9-2-1-6-14(17)11-18/h3-5,10,14,18H,1-2,6-9,11,16H2. The van der Waals surface area contributed by atoms with E-state index in [9.17, 15) is 9.90 Å². The van der Waals surface area contributed by atoms with Crippen LogP contribution in [-0.4, -0.2) is 35.1 Å². The van der Waals surface area contributed by atoms with Gasteiger partial charge in [-0.2, -0.15) is 0 Å². The van der Waals surface area contributed by atoms with Gasteiger partial charge in [0.05, 0.1) is 12.6 Å². The van der Waals surface area contributed by atoms with Crippen LogP contribution in [0.15, 0.2) is 24.3 Å². The number of anilines is 1. The third-order valence-corrected chi connectivity index (χ3v) is 3.74. The number of aryl methyl sites for hydroxylation is 1. The zero-order valence-electron chi connectivity index (χ0n) is 11.2. The number of nitrogens with two attached hydrogens (primary N) is 1. The number of benzene rings is 1. The topological polar surface area (TPSA) is 66.6 Å². The van der Waals surface area contributed by atoms with Crippen molar-refractivity contribution >= 4 is 11.6 Å². The monoisotopic (exact) mass is 262 g/mol. The highest BCUT2D eigenvalue weighted by Gasteiger charge is 2.25. The normalized spacial score (nSPS) is 19.4. The van der Waals surface area contributed by atoms with E-state index in [2.05, 4.69) is 0 Å². The second-order valence-corrected chi connectivity index (χ2v) is 5.16. The van der Waals surface area contributed by atoms with Crippen molar-refractivity contribution in [2.45, 2.75) is 38.1 Å². The van der Waals surface area contributed by atoms with Crippen LogP contribution < -0.4 is 5.73 Å². The molecule has 0 aromatic heterocycles. The maximum absolute atomic E-state index is 12.2. The van der Waals surface area contributed by atoms with Crippen molar-refractivity contribution in [3.05, 3.63) is 29.8 Å². The fourth-order valence-corrected chi connectivity index (χ4v) is 2.66. The van der Waals surface area contributed by atoms with Gasteiger partial charge in [-0.3, -0.25) is 4.79 Å². The highest BCUT2D eigenvalue weighted by Crippen LogP contribution is 2.18. The van der Waals surface area contributed by atoms with Gasteiger partial charge in [0.1, 0.15) is 0 Å². The first kappa shape index (κ1) is 13.9. The number of likely N-dealkylation sites (tertiary alicyclic amines) is 1. The molecule has 1 fully saturated rings. The Kier molecular flexibility index (Phi) is 4.80. The van der Waals surface area contributed by atoms with Crippen LogP contribution in [0.25, 0.3) is 0 Å². The number of amides is 1. The number of hydrogen-bond acceptors (Lipinski definition) is 3. The van der Waals surface area contributed by atoms with E-state index >= 15 is 0 Å². The summed E-state index contributed by atoms with van der Waals surface area (Å²) in [4.78, 5) is 14.1. The van der Waals surface area contributed by atoms with Gasteiger partial charge in [-0.25, -0.2) is 0 Å². The summed E-state index contributed by atoms with van der Waals surface area (Å²) in [5.74, 6) is 0.140. The van der Waals surface area contributed by atoms with Crippen molar-refractivity contribution < 1.29 is 9.90 Å². The Morgan fingerprint density at radius 1 is 1.42 bits per heavy atom. The molecule has 1 amide bonds. The van der Waals surface area contributed by atoms with Crippen LogP contribution in [0.5, 0.6) is 0 Å². The highest BCUT2D eigenvalue weighted by atomic mass is 16.3. The Bertz CT molecular complexity index is 434. The van der Waals surface area contributed by atoms with E-state index in [1.807, 2.05) is 29.2 Å². The van der Waals surface area contributed by atoms with Crippen LogP contribution in [-0.2, 0) is 11.2 Å². The van der Waals surface area contributed by atoms with Crippen molar-refractivity contribution in [1.82, 2.24) is 4.90 Å². The maximum Gasteiger partial charge on any atom is 0.223 e. The quantitative estimate of drug-likeness (QED) is 0.809. The van der Waals surface area contributed by atoms with Gasteiger partial charge in [0, 0.05) is 18.7 Å². The van der Waals surface area contributed by atoms with Gasteiger partial charge in [-0.05, 0) is 43.4 Å². The first-order valence-electron chi connectivity index (χ1n) is 6.95. The number of piperidine rings is 1. The zero-order valence-corrected chi connectivity index (χ0v) is 11.2. The summed E-state index contributed by atoms with van der Waals surface area (Å²) in [5.41, 5.74) is 7.54. The lowest BCUT2D eigenvalue weighted by Crippen LogP contribution is -2.45. The number of carbonyl (C=O) groups is 1. The van der Waals surface area contributed by atoms with Crippen molar-refractivity contribution in [2.24, 2.45) is 0 Å². The van der Waals surface area contributed by atoms with Gasteiger partial charge >= 0.3 is 0 Å². The SMILES string of the molecule is Nc1cccc(CCC(=O)N2CCCCC2CO)c1. The van der Waals surface area contributed by atoms with Gasteiger partial charge in [-0.15, -0.1) is 0 Å². The average Bonchev–Trinajstić information content (AvgIpc) is 2.45. The number of hydrogen-bond donors (Lipinski definition) is 2. The lowest BCUT2D eigenvalue weighted by atomic mass is 10.0. The third kappa shape index (κ3) is 3.70. The molecule has 4 heteroatoms. The molecule has 0 bridgehead atoms. The summed E-state index contributed by atoms with van der Waals surface area (Å²) in [6, 6.07) is 7.67. The number of nitrogen functional groups attached to an aromatic ring is 1. The van der Waals surface area contributed by atoms with Gasteiger partial charge in [0.2, 0.25) is 5.91 Å². The molecular formula is C15H22N2O2. The Hall–Kier alpha value is -1.55. The molecule has 3 N–H and O–H groups in total. The molecule has 19 heavy (non-hydrogen) atoms. The number of rotatable bonds is 4. The summed E-state index contributed by atoms with van der Waals surface area (Å²) in [5, 5.41) is 9.32. The minimum atomic E-state index is 0.0158. The van der Waals surface area contributed by atoms with Crippen LogP contribution in [0.4, 0.5) is 5.69 Å². The van der Waals surface area contributed by atoms with Gasteiger partial charge in [0.15, 0.2) is 0 Å². The van der Waals surface area contributed by atoms with Crippen molar-refractivity contribution in [1.29, 1.82) is 0 Å². The molecule has 0 aliphatic carbocycles. The number of nitrogens with zero attached hydrogens (tertiary/aromatic N) is 1. The summed E-state index contributed by atoms with van der Waals surface area (Å²) in [7, 11) is 0. The number of carbonyl (C=O) groups excluding carboxylic acids is 1. The molecule has 1 atom stereocenters. The Morgan fingerprint density at radius 3 is 3.00 bits per heavy atom. The summed E-state index contributed by atoms with van der Waals surface area (Å²) >= 11 is 0.